The van der Waals surface area contributed by atoms with Gasteiger partial charge in [0.2, 0.25) is 11.8 Å². The summed E-state index contributed by atoms with van der Waals surface area (Å²) in [7, 11) is 0. The standard InChI is InChI=1S/C17H21FN2O2/c1-12(14-8-4-5-9-15(14)18)10-17(22)20(11-16(19)21)13-6-2-3-7-13/h4-5,8-10,13H,2-3,6-7,11H2,1H3,(H2,19,21)/b12-10-. The fourth-order valence-corrected chi connectivity index (χ4v) is 2.90. The average molecular weight is 304 g/mol. The van der Waals surface area contributed by atoms with E-state index >= 15 is 0 Å². The zero-order chi connectivity index (χ0) is 16.1. The van der Waals surface area contributed by atoms with Gasteiger partial charge in [-0.2, -0.15) is 0 Å². The average Bonchev–Trinajstić information content (AvgIpc) is 2.98. The molecule has 5 heteroatoms. The molecule has 0 aliphatic heterocycles. The number of hydrogen-bond acceptors (Lipinski definition) is 2. The van der Waals surface area contributed by atoms with E-state index in [1.165, 1.54) is 17.0 Å². The van der Waals surface area contributed by atoms with Crippen molar-refractivity contribution in [3.63, 3.8) is 0 Å². The van der Waals surface area contributed by atoms with Crippen LogP contribution >= 0.6 is 0 Å². The first-order valence-electron chi connectivity index (χ1n) is 7.51. The highest BCUT2D eigenvalue weighted by atomic mass is 19.1. The van der Waals surface area contributed by atoms with Crippen molar-refractivity contribution in [2.45, 2.75) is 38.6 Å². The normalized spacial score (nSPS) is 15.8. The van der Waals surface area contributed by atoms with Gasteiger partial charge in [-0.1, -0.05) is 31.0 Å². The van der Waals surface area contributed by atoms with Gasteiger partial charge < -0.3 is 10.6 Å². The highest BCUT2D eigenvalue weighted by Gasteiger charge is 2.26. The number of primary amides is 1. The van der Waals surface area contributed by atoms with Gasteiger partial charge in [-0.3, -0.25) is 9.59 Å². The maximum absolute atomic E-state index is 13.8. The van der Waals surface area contributed by atoms with E-state index < -0.39 is 5.91 Å². The third kappa shape index (κ3) is 3.93. The predicted octanol–water partition coefficient (Wildman–Crippen LogP) is 2.49. The molecule has 0 bridgehead atoms. The summed E-state index contributed by atoms with van der Waals surface area (Å²) in [5.41, 5.74) is 6.18. The number of nitrogens with zero attached hydrogens (tertiary/aromatic N) is 1. The lowest BCUT2D eigenvalue weighted by Crippen LogP contribution is -2.43. The number of halogens is 1. The van der Waals surface area contributed by atoms with Gasteiger partial charge in [0.1, 0.15) is 5.82 Å². The van der Waals surface area contributed by atoms with Gasteiger partial charge in [-0.15, -0.1) is 0 Å². The second-order valence-corrected chi connectivity index (χ2v) is 5.68. The molecule has 0 unspecified atom stereocenters. The Kier molecular flexibility index (Phi) is 5.31. The molecule has 22 heavy (non-hydrogen) atoms. The summed E-state index contributed by atoms with van der Waals surface area (Å²) in [6.45, 7) is 1.60. The second kappa shape index (κ2) is 7.20. The van der Waals surface area contributed by atoms with Crippen LogP contribution in [0.5, 0.6) is 0 Å². The lowest BCUT2D eigenvalue weighted by Gasteiger charge is -2.26. The van der Waals surface area contributed by atoms with Crippen LogP contribution in [-0.2, 0) is 9.59 Å². The van der Waals surface area contributed by atoms with Gasteiger partial charge in [0.05, 0.1) is 6.54 Å². The van der Waals surface area contributed by atoms with Crippen molar-refractivity contribution in [2.75, 3.05) is 6.54 Å². The van der Waals surface area contributed by atoms with Crippen molar-refractivity contribution in [2.24, 2.45) is 5.73 Å². The number of benzene rings is 1. The summed E-state index contributed by atoms with van der Waals surface area (Å²) < 4.78 is 13.8. The summed E-state index contributed by atoms with van der Waals surface area (Å²) in [5, 5.41) is 0. The van der Waals surface area contributed by atoms with Crippen LogP contribution in [0, 0.1) is 5.82 Å². The fraction of sp³-hybridized carbons (Fsp3) is 0.412. The van der Waals surface area contributed by atoms with Crippen molar-refractivity contribution >= 4 is 17.4 Å². The quantitative estimate of drug-likeness (QED) is 0.849. The summed E-state index contributed by atoms with van der Waals surface area (Å²) in [6, 6.07) is 6.35. The lowest BCUT2D eigenvalue weighted by molar-refractivity contribution is -0.133. The maximum atomic E-state index is 13.8. The first-order chi connectivity index (χ1) is 10.5. The van der Waals surface area contributed by atoms with Crippen LogP contribution in [0.15, 0.2) is 30.3 Å². The summed E-state index contributed by atoms with van der Waals surface area (Å²) >= 11 is 0. The van der Waals surface area contributed by atoms with Crippen LogP contribution in [0.3, 0.4) is 0 Å². The molecule has 1 aromatic carbocycles. The van der Waals surface area contributed by atoms with Crippen molar-refractivity contribution in [1.82, 2.24) is 4.90 Å². The first-order valence-corrected chi connectivity index (χ1v) is 7.51. The van der Waals surface area contributed by atoms with Crippen LogP contribution in [0.1, 0.15) is 38.2 Å². The highest BCUT2D eigenvalue weighted by Crippen LogP contribution is 2.24. The molecule has 0 heterocycles. The van der Waals surface area contributed by atoms with Crippen molar-refractivity contribution in [3.8, 4) is 0 Å². The van der Waals surface area contributed by atoms with E-state index in [1.54, 1.807) is 25.1 Å². The van der Waals surface area contributed by atoms with E-state index in [0.717, 1.165) is 25.7 Å². The second-order valence-electron chi connectivity index (χ2n) is 5.68. The molecule has 0 aromatic heterocycles. The minimum absolute atomic E-state index is 0.0460. The summed E-state index contributed by atoms with van der Waals surface area (Å²) in [6.07, 6.45) is 5.24. The molecule has 0 radical (unpaired) electrons. The van der Waals surface area contributed by atoms with E-state index in [0.29, 0.717) is 11.1 Å². The number of amides is 2. The highest BCUT2D eigenvalue weighted by molar-refractivity contribution is 5.97. The van der Waals surface area contributed by atoms with Crippen molar-refractivity contribution in [3.05, 3.63) is 41.7 Å². The molecule has 2 amide bonds. The van der Waals surface area contributed by atoms with Gasteiger partial charge in [0.25, 0.3) is 0 Å². The van der Waals surface area contributed by atoms with Crippen LogP contribution in [-0.4, -0.2) is 29.3 Å². The number of rotatable bonds is 5. The third-order valence-electron chi connectivity index (χ3n) is 4.01. The number of carbonyl (C=O) groups excluding carboxylic acids is 2. The molecule has 118 valence electrons. The Morgan fingerprint density at radius 1 is 1.32 bits per heavy atom. The molecule has 0 atom stereocenters. The fourth-order valence-electron chi connectivity index (χ4n) is 2.90. The molecular weight excluding hydrogens is 283 g/mol. The van der Waals surface area contributed by atoms with Crippen molar-refractivity contribution in [1.29, 1.82) is 0 Å². The molecule has 4 nitrogen and oxygen atoms in total. The molecule has 0 spiro atoms. The largest absolute Gasteiger partial charge is 0.368 e. The Balaban J connectivity index is 2.21. The molecular formula is C17H21FN2O2. The van der Waals surface area contributed by atoms with E-state index in [-0.39, 0.29) is 24.3 Å². The number of hydrogen-bond donors (Lipinski definition) is 1. The Morgan fingerprint density at radius 3 is 2.55 bits per heavy atom. The molecule has 2 N–H and O–H groups in total. The molecule has 2 rings (SSSR count). The zero-order valence-corrected chi connectivity index (χ0v) is 12.7. The van der Waals surface area contributed by atoms with Gasteiger partial charge in [-0.05, 0) is 31.4 Å². The van der Waals surface area contributed by atoms with Crippen LogP contribution in [0.4, 0.5) is 4.39 Å². The smallest absolute Gasteiger partial charge is 0.247 e. The zero-order valence-electron chi connectivity index (χ0n) is 12.7. The molecule has 1 aliphatic carbocycles. The van der Waals surface area contributed by atoms with Crippen LogP contribution < -0.4 is 5.73 Å². The maximum Gasteiger partial charge on any atom is 0.247 e. The number of nitrogens with two attached hydrogens (primary N) is 1. The Bertz CT molecular complexity index is 592. The molecule has 1 aromatic rings. The Hall–Kier alpha value is -2.17. The van der Waals surface area contributed by atoms with E-state index in [1.807, 2.05) is 0 Å². The van der Waals surface area contributed by atoms with E-state index in [2.05, 4.69) is 0 Å². The predicted molar refractivity (Wildman–Crippen MR) is 83.2 cm³/mol. The van der Waals surface area contributed by atoms with Gasteiger partial charge >= 0.3 is 0 Å². The SMILES string of the molecule is C/C(=C/C(=O)N(CC(N)=O)C1CCCC1)c1ccccc1F. The van der Waals surface area contributed by atoms with Crippen molar-refractivity contribution < 1.29 is 14.0 Å². The van der Waals surface area contributed by atoms with E-state index in [4.69, 9.17) is 5.73 Å². The van der Waals surface area contributed by atoms with Gasteiger partial charge in [0.15, 0.2) is 0 Å². The number of carbonyl (C=O) groups is 2. The summed E-state index contributed by atoms with van der Waals surface area (Å²) in [5.74, 6) is -1.19. The minimum atomic E-state index is -0.530. The monoisotopic (exact) mass is 304 g/mol. The minimum Gasteiger partial charge on any atom is -0.368 e. The molecule has 1 fully saturated rings. The van der Waals surface area contributed by atoms with Crippen LogP contribution in [0.2, 0.25) is 0 Å². The number of allylic oxidation sites excluding steroid dienone is 1. The molecule has 1 saturated carbocycles. The van der Waals surface area contributed by atoms with Crippen LogP contribution in [0.25, 0.3) is 5.57 Å². The topological polar surface area (TPSA) is 63.4 Å². The molecule has 0 saturated heterocycles. The van der Waals surface area contributed by atoms with Gasteiger partial charge in [-0.25, -0.2) is 4.39 Å². The Morgan fingerprint density at radius 2 is 1.95 bits per heavy atom. The Labute approximate surface area is 129 Å². The van der Waals surface area contributed by atoms with E-state index in [9.17, 15) is 14.0 Å². The first kappa shape index (κ1) is 16.2. The lowest BCUT2D eigenvalue weighted by atomic mass is 10.1. The van der Waals surface area contributed by atoms with Gasteiger partial charge in [0, 0.05) is 17.7 Å². The third-order valence-corrected chi connectivity index (χ3v) is 4.01. The molecule has 1 aliphatic rings. The summed E-state index contributed by atoms with van der Waals surface area (Å²) in [4.78, 5) is 25.2.